The van der Waals surface area contributed by atoms with E-state index in [9.17, 15) is 4.79 Å². The van der Waals surface area contributed by atoms with Crippen LogP contribution in [0.25, 0.3) is 0 Å². The van der Waals surface area contributed by atoms with Gasteiger partial charge in [-0.2, -0.15) is 0 Å². The normalized spacial score (nSPS) is 17.0. The van der Waals surface area contributed by atoms with Crippen LogP contribution in [0.2, 0.25) is 0 Å². The van der Waals surface area contributed by atoms with Crippen LogP contribution in [-0.4, -0.2) is 49.6 Å². The van der Waals surface area contributed by atoms with E-state index in [2.05, 4.69) is 55.1 Å². The standard InChI is InChI=1S/C19H24N6O/c1-20-19(22-13-18(26)23-15-6-5-10-21-12-15)24-16-9-11-25(14-16)17-7-3-2-4-8-17/h2-8,10,12,16H,9,11,13-14H2,1H3,(H,23,26)(H2,20,22,24). The molecule has 7 nitrogen and oxygen atoms in total. The molecule has 1 fully saturated rings. The third-order valence-corrected chi connectivity index (χ3v) is 4.24. The Hall–Kier alpha value is -3.09. The minimum absolute atomic E-state index is 0.140. The zero-order valence-corrected chi connectivity index (χ0v) is 14.9. The van der Waals surface area contributed by atoms with Crippen molar-refractivity contribution in [1.29, 1.82) is 0 Å². The lowest BCUT2D eigenvalue weighted by atomic mass is 10.3. The van der Waals surface area contributed by atoms with Crippen LogP contribution in [0.15, 0.2) is 59.9 Å². The molecule has 0 aliphatic carbocycles. The Morgan fingerprint density at radius 3 is 2.85 bits per heavy atom. The highest BCUT2D eigenvalue weighted by Gasteiger charge is 2.23. The lowest BCUT2D eigenvalue weighted by Crippen LogP contribution is -2.46. The summed E-state index contributed by atoms with van der Waals surface area (Å²) < 4.78 is 0. The van der Waals surface area contributed by atoms with Crippen molar-refractivity contribution in [3.63, 3.8) is 0 Å². The number of carbonyl (C=O) groups is 1. The number of aliphatic imine (C=N–C) groups is 1. The molecule has 0 bridgehead atoms. The second-order valence-electron chi connectivity index (χ2n) is 6.13. The summed E-state index contributed by atoms with van der Waals surface area (Å²) in [5.41, 5.74) is 1.91. The first-order valence-corrected chi connectivity index (χ1v) is 8.71. The molecule has 136 valence electrons. The average molecular weight is 352 g/mol. The Labute approximate surface area is 153 Å². The van der Waals surface area contributed by atoms with Crippen molar-refractivity contribution in [3.05, 3.63) is 54.9 Å². The van der Waals surface area contributed by atoms with Crippen molar-refractivity contribution in [3.8, 4) is 0 Å². The highest BCUT2D eigenvalue weighted by atomic mass is 16.1. The number of carbonyl (C=O) groups excluding carboxylic acids is 1. The zero-order chi connectivity index (χ0) is 18.2. The van der Waals surface area contributed by atoms with E-state index in [-0.39, 0.29) is 12.5 Å². The molecule has 3 rings (SSSR count). The molecule has 7 heteroatoms. The maximum Gasteiger partial charge on any atom is 0.243 e. The van der Waals surface area contributed by atoms with Crippen LogP contribution < -0.4 is 20.9 Å². The molecule has 1 amide bonds. The number of hydrogen-bond acceptors (Lipinski definition) is 4. The Morgan fingerprint density at radius 1 is 1.27 bits per heavy atom. The van der Waals surface area contributed by atoms with Gasteiger partial charge in [0.15, 0.2) is 5.96 Å². The van der Waals surface area contributed by atoms with Crippen LogP contribution in [0.5, 0.6) is 0 Å². The van der Waals surface area contributed by atoms with Crippen molar-refractivity contribution >= 4 is 23.2 Å². The fourth-order valence-corrected chi connectivity index (χ4v) is 2.95. The second-order valence-corrected chi connectivity index (χ2v) is 6.13. The fourth-order valence-electron chi connectivity index (χ4n) is 2.95. The highest BCUT2D eigenvalue weighted by Crippen LogP contribution is 2.19. The number of benzene rings is 1. The van der Waals surface area contributed by atoms with Gasteiger partial charge in [-0.25, -0.2) is 0 Å². The number of amides is 1. The van der Waals surface area contributed by atoms with Gasteiger partial charge >= 0.3 is 0 Å². The summed E-state index contributed by atoms with van der Waals surface area (Å²) in [7, 11) is 1.71. The topological polar surface area (TPSA) is 81.6 Å². The molecule has 2 aromatic rings. The largest absolute Gasteiger partial charge is 0.369 e. The van der Waals surface area contributed by atoms with E-state index in [1.54, 1.807) is 31.6 Å². The summed E-state index contributed by atoms with van der Waals surface area (Å²) >= 11 is 0. The summed E-state index contributed by atoms with van der Waals surface area (Å²) in [4.78, 5) is 22.5. The Morgan fingerprint density at radius 2 is 2.12 bits per heavy atom. The van der Waals surface area contributed by atoms with E-state index in [0.29, 0.717) is 17.7 Å². The van der Waals surface area contributed by atoms with Crippen LogP contribution >= 0.6 is 0 Å². The van der Waals surface area contributed by atoms with Crippen LogP contribution in [-0.2, 0) is 4.79 Å². The molecule has 3 N–H and O–H groups in total. The van der Waals surface area contributed by atoms with Crippen molar-refractivity contribution in [1.82, 2.24) is 15.6 Å². The third-order valence-electron chi connectivity index (χ3n) is 4.24. The molecule has 1 aliphatic rings. The lowest BCUT2D eigenvalue weighted by Gasteiger charge is -2.20. The van der Waals surface area contributed by atoms with Gasteiger partial charge in [-0.05, 0) is 30.7 Å². The molecule has 0 radical (unpaired) electrons. The Balaban J connectivity index is 1.44. The van der Waals surface area contributed by atoms with E-state index in [4.69, 9.17) is 0 Å². The molecule has 1 aromatic heterocycles. The molecule has 2 heterocycles. The van der Waals surface area contributed by atoms with Gasteiger partial charge < -0.3 is 20.9 Å². The molecule has 1 atom stereocenters. The molecule has 1 unspecified atom stereocenters. The number of nitrogens with zero attached hydrogens (tertiary/aromatic N) is 3. The van der Waals surface area contributed by atoms with E-state index >= 15 is 0 Å². The number of para-hydroxylation sites is 1. The highest BCUT2D eigenvalue weighted by molar-refractivity contribution is 5.94. The molecular formula is C19H24N6O. The predicted octanol–water partition coefficient (Wildman–Crippen LogP) is 1.46. The maximum absolute atomic E-state index is 12.0. The fraction of sp³-hybridized carbons (Fsp3) is 0.316. The summed E-state index contributed by atoms with van der Waals surface area (Å²) in [6.07, 6.45) is 4.30. The van der Waals surface area contributed by atoms with Crippen molar-refractivity contribution < 1.29 is 4.79 Å². The van der Waals surface area contributed by atoms with E-state index in [0.717, 1.165) is 19.5 Å². The average Bonchev–Trinajstić information content (AvgIpc) is 3.15. The molecule has 1 aromatic carbocycles. The minimum Gasteiger partial charge on any atom is -0.369 e. The smallest absolute Gasteiger partial charge is 0.243 e. The lowest BCUT2D eigenvalue weighted by molar-refractivity contribution is -0.115. The number of pyridine rings is 1. The van der Waals surface area contributed by atoms with E-state index in [1.807, 2.05) is 6.07 Å². The first-order chi connectivity index (χ1) is 12.7. The summed E-state index contributed by atoms with van der Waals surface area (Å²) in [6, 6.07) is 14.3. The minimum atomic E-state index is -0.140. The van der Waals surface area contributed by atoms with Gasteiger partial charge in [0.05, 0.1) is 18.4 Å². The number of nitrogens with one attached hydrogen (secondary N) is 3. The van der Waals surface area contributed by atoms with Gasteiger partial charge in [-0.3, -0.25) is 14.8 Å². The zero-order valence-electron chi connectivity index (χ0n) is 14.9. The third kappa shape index (κ3) is 4.95. The number of hydrogen-bond donors (Lipinski definition) is 3. The van der Waals surface area contributed by atoms with Crippen LogP contribution in [0.1, 0.15) is 6.42 Å². The molecule has 1 saturated heterocycles. The number of anilines is 2. The number of aromatic nitrogens is 1. The quantitative estimate of drug-likeness (QED) is 0.561. The van der Waals surface area contributed by atoms with E-state index < -0.39 is 0 Å². The monoisotopic (exact) mass is 352 g/mol. The van der Waals surface area contributed by atoms with Crippen LogP contribution in [0.3, 0.4) is 0 Å². The first-order valence-electron chi connectivity index (χ1n) is 8.71. The SMILES string of the molecule is CN=C(NCC(=O)Nc1cccnc1)NC1CCN(c2ccccc2)C1. The van der Waals surface area contributed by atoms with Gasteiger partial charge in [0, 0.05) is 38.1 Å². The molecule has 1 aliphatic heterocycles. The summed E-state index contributed by atoms with van der Waals surface area (Å²) in [5, 5.41) is 9.24. The van der Waals surface area contributed by atoms with E-state index in [1.165, 1.54) is 5.69 Å². The van der Waals surface area contributed by atoms with Crippen LogP contribution in [0.4, 0.5) is 11.4 Å². The summed E-state index contributed by atoms with van der Waals surface area (Å²) in [5.74, 6) is 0.490. The van der Waals surface area contributed by atoms with Crippen molar-refractivity contribution in [2.75, 3.05) is 36.9 Å². The van der Waals surface area contributed by atoms with Crippen molar-refractivity contribution in [2.45, 2.75) is 12.5 Å². The summed E-state index contributed by atoms with van der Waals surface area (Å²) in [6.45, 7) is 2.05. The second kappa shape index (κ2) is 8.84. The molecule has 0 spiro atoms. The van der Waals surface area contributed by atoms with Gasteiger partial charge in [0.25, 0.3) is 0 Å². The van der Waals surface area contributed by atoms with Crippen LogP contribution in [0, 0.1) is 0 Å². The van der Waals surface area contributed by atoms with Gasteiger partial charge in [0.2, 0.25) is 5.91 Å². The van der Waals surface area contributed by atoms with Gasteiger partial charge in [0.1, 0.15) is 0 Å². The predicted molar refractivity (Wildman–Crippen MR) is 104 cm³/mol. The Kier molecular flexibility index (Phi) is 6.03. The maximum atomic E-state index is 12.0. The molecular weight excluding hydrogens is 328 g/mol. The van der Waals surface area contributed by atoms with Gasteiger partial charge in [-0.1, -0.05) is 18.2 Å². The molecule has 0 saturated carbocycles. The van der Waals surface area contributed by atoms with Gasteiger partial charge in [-0.15, -0.1) is 0 Å². The number of guanidine groups is 1. The first kappa shape index (κ1) is 17.7. The Bertz CT molecular complexity index is 734. The molecule has 26 heavy (non-hydrogen) atoms. The number of rotatable bonds is 5. The van der Waals surface area contributed by atoms with Crippen molar-refractivity contribution in [2.24, 2.45) is 4.99 Å².